The van der Waals surface area contributed by atoms with Gasteiger partial charge in [-0.2, -0.15) is 13.2 Å². The molecule has 27 heteroatoms. The van der Waals surface area contributed by atoms with Gasteiger partial charge in [0.2, 0.25) is 5.91 Å². The fourth-order valence-corrected chi connectivity index (χ4v) is 6.35. The number of halogens is 6. The first-order chi connectivity index (χ1) is 27.8. The van der Waals surface area contributed by atoms with Crippen LogP contribution >= 0.6 is 0 Å². The van der Waals surface area contributed by atoms with Crippen molar-refractivity contribution in [2.24, 2.45) is 4.99 Å². The highest BCUT2D eigenvalue weighted by Crippen LogP contribution is 2.33. The normalized spacial score (nSPS) is 24.7. The van der Waals surface area contributed by atoms with Gasteiger partial charge in [-0.15, -0.1) is 13.2 Å². The molecular formula is C33H45F6N5O15Si. The number of amides is 2. The van der Waals surface area contributed by atoms with Crippen molar-refractivity contribution >= 4 is 44.4 Å². The zero-order valence-corrected chi connectivity index (χ0v) is 34.0. The molecule has 8 atom stereocenters. The fourth-order valence-electron chi connectivity index (χ4n) is 5.69. The number of aromatic amines is 1. The first kappa shape index (κ1) is 49.5. The number of H-pyrrole nitrogens is 1. The summed E-state index contributed by atoms with van der Waals surface area (Å²) in [5.41, 5.74) is -2.47. The SMILES string of the molecule is CCNC(=O)CCC(=O)O[C@@H]1C[C@H](n2cc(CO[C@@H]3O[C@H](CNC(=O)C(F)(F)F)[C@@H](OC(C)=O)[C@H](OC(C)=O)[C@H]3N=COC(F)(F)F)c(=O)[nH]c2=O)O[C@@H]1CO[Si](C)(C)C. The van der Waals surface area contributed by atoms with E-state index in [4.69, 9.17) is 32.8 Å². The zero-order valence-electron chi connectivity index (χ0n) is 33.0. The highest BCUT2D eigenvalue weighted by molar-refractivity contribution is 6.69. The van der Waals surface area contributed by atoms with E-state index in [1.54, 1.807) is 6.92 Å². The van der Waals surface area contributed by atoms with Crippen molar-refractivity contribution in [3.05, 3.63) is 32.6 Å². The van der Waals surface area contributed by atoms with Crippen LogP contribution in [0, 0.1) is 0 Å². The Hall–Kier alpha value is -4.86. The van der Waals surface area contributed by atoms with E-state index in [-0.39, 0.29) is 43.7 Å². The van der Waals surface area contributed by atoms with E-state index in [0.717, 1.165) is 24.6 Å². The number of nitrogens with one attached hydrogen (secondary N) is 3. The molecule has 1 aromatic heterocycles. The molecule has 0 radical (unpaired) electrons. The molecule has 2 aliphatic heterocycles. The molecule has 3 rings (SSSR count). The minimum Gasteiger partial charge on any atom is -0.459 e. The molecule has 2 fully saturated rings. The van der Waals surface area contributed by atoms with Crippen LogP contribution in [-0.4, -0.2) is 129 Å². The second kappa shape index (κ2) is 21.1. The summed E-state index contributed by atoms with van der Waals surface area (Å²) in [7, 11) is -2.18. The Labute approximate surface area is 337 Å². The van der Waals surface area contributed by atoms with Crippen molar-refractivity contribution in [3.63, 3.8) is 0 Å². The first-order valence-corrected chi connectivity index (χ1v) is 21.5. The molecule has 60 heavy (non-hydrogen) atoms. The topological polar surface area (TPSA) is 250 Å². The molecule has 1 aromatic rings. The van der Waals surface area contributed by atoms with Gasteiger partial charge < -0.3 is 48.2 Å². The molecule has 0 bridgehead atoms. The van der Waals surface area contributed by atoms with Gasteiger partial charge in [0.15, 0.2) is 33.2 Å². The lowest BCUT2D eigenvalue weighted by atomic mass is 9.96. The number of hydrogen-bond donors (Lipinski definition) is 3. The molecule has 20 nitrogen and oxygen atoms in total. The molecule has 338 valence electrons. The van der Waals surface area contributed by atoms with Crippen LogP contribution in [0.1, 0.15) is 51.8 Å². The van der Waals surface area contributed by atoms with Crippen LogP contribution in [0.4, 0.5) is 26.3 Å². The molecule has 0 aromatic carbocycles. The standard InChI is InChI=1S/C33H45F6N5O15Si/c1-7-40-22(47)8-9-24(48)58-19-10-23(57-21(19)14-54-60(4,5)6)44-12-18(28(49)43-31(44)51)13-52-29-25(42-15-53-33(37,38)39)27(56-17(3)46)26(55-16(2)45)20(59-29)11-41-30(50)32(34,35)36/h12,15,19-21,23,25-27,29H,7-11,13-14H2,1-6H3,(H,40,47)(H,41,50)(H,43,49,51)/t19-,20-,21-,23-,25-,26-,27-,29-/m1/s1. The molecule has 2 aliphatic rings. The molecule has 0 saturated carbocycles. The molecule has 3 heterocycles. The van der Waals surface area contributed by atoms with Gasteiger partial charge in [-0.3, -0.25) is 38.3 Å². The Balaban J connectivity index is 1.98. The second-order valence-corrected chi connectivity index (χ2v) is 18.6. The van der Waals surface area contributed by atoms with Crippen LogP contribution in [0.5, 0.6) is 0 Å². The number of rotatable bonds is 18. The van der Waals surface area contributed by atoms with Crippen molar-refractivity contribution in [3.8, 4) is 0 Å². The summed E-state index contributed by atoms with van der Waals surface area (Å²) in [6.45, 7) is 7.28. The number of carbonyl (C=O) groups excluding carboxylic acids is 5. The largest absolute Gasteiger partial charge is 0.573 e. The fraction of sp³-hybridized carbons (Fsp3) is 0.697. The minimum atomic E-state index is -5.40. The molecular weight excluding hydrogens is 848 g/mol. The Morgan fingerprint density at radius 3 is 2.18 bits per heavy atom. The molecule has 0 unspecified atom stereocenters. The number of esters is 3. The van der Waals surface area contributed by atoms with Crippen molar-refractivity contribution in [2.75, 3.05) is 19.7 Å². The summed E-state index contributed by atoms with van der Waals surface area (Å²) in [6, 6.07) is -1.96. The van der Waals surface area contributed by atoms with Crippen LogP contribution < -0.4 is 21.9 Å². The molecule has 0 spiro atoms. The lowest BCUT2D eigenvalue weighted by Crippen LogP contribution is -2.62. The van der Waals surface area contributed by atoms with E-state index < -0.39 is 118 Å². The molecule has 2 amide bonds. The Kier molecular flexibility index (Phi) is 17.4. The third-order valence-corrected chi connectivity index (χ3v) is 9.22. The lowest BCUT2D eigenvalue weighted by Gasteiger charge is -2.43. The van der Waals surface area contributed by atoms with E-state index in [9.17, 15) is 59.9 Å². The number of hydrogen-bond acceptors (Lipinski definition) is 16. The Bertz CT molecular complexity index is 1840. The average Bonchev–Trinajstić information content (AvgIpc) is 3.50. The summed E-state index contributed by atoms with van der Waals surface area (Å²) in [6.07, 6.45) is -21.4. The summed E-state index contributed by atoms with van der Waals surface area (Å²) >= 11 is 0. The van der Waals surface area contributed by atoms with Gasteiger partial charge >= 0.3 is 42.0 Å². The third kappa shape index (κ3) is 15.6. The predicted molar refractivity (Wildman–Crippen MR) is 190 cm³/mol. The lowest BCUT2D eigenvalue weighted by molar-refractivity contribution is -0.282. The monoisotopic (exact) mass is 893 g/mol. The quantitative estimate of drug-likeness (QED) is 0.0468. The van der Waals surface area contributed by atoms with E-state index >= 15 is 0 Å². The van der Waals surface area contributed by atoms with Gasteiger partial charge in [-0.1, -0.05) is 0 Å². The van der Waals surface area contributed by atoms with Crippen LogP contribution in [0.25, 0.3) is 0 Å². The maximum absolute atomic E-state index is 13.1. The van der Waals surface area contributed by atoms with Crippen molar-refractivity contribution in [2.45, 2.75) is 128 Å². The van der Waals surface area contributed by atoms with Gasteiger partial charge in [0.25, 0.3) is 5.56 Å². The molecule has 3 N–H and O–H groups in total. The Morgan fingerprint density at radius 2 is 1.60 bits per heavy atom. The van der Waals surface area contributed by atoms with Crippen LogP contribution in [-0.2, 0) is 68.2 Å². The van der Waals surface area contributed by atoms with Crippen LogP contribution in [0.2, 0.25) is 19.6 Å². The maximum atomic E-state index is 13.1. The molecule has 2 saturated heterocycles. The van der Waals surface area contributed by atoms with E-state index in [1.807, 2.05) is 24.6 Å². The third-order valence-electron chi connectivity index (χ3n) is 8.19. The predicted octanol–water partition coefficient (Wildman–Crippen LogP) is 1.22. The summed E-state index contributed by atoms with van der Waals surface area (Å²) < 4.78 is 122. The van der Waals surface area contributed by atoms with E-state index in [2.05, 4.69) is 15.0 Å². The van der Waals surface area contributed by atoms with Gasteiger partial charge in [-0.05, 0) is 26.6 Å². The minimum absolute atomic E-state index is 0.0734. The van der Waals surface area contributed by atoms with Crippen LogP contribution in [0.15, 0.2) is 20.8 Å². The van der Waals surface area contributed by atoms with Crippen molar-refractivity contribution in [1.29, 1.82) is 0 Å². The van der Waals surface area contributed by atoms with E-state index in [0.29, 0.717) is 6.54 Å². The van der Waals surface area contributed by atoms with Crippen LogP contribution in [0.3, 0.4) is 0 Å². The number of carbonyl (C=O) groups is 5. The first-order valence-electron chi connectivity index (χ1n) is 18.1. The van der Waals surface area contributed by atoms with Gasteiger partial charge in [-0.25, -0.2) is 9.79 Å². The smallest absolute Gasteiger partial charge is 0.459 e. The molecule has 0 aliphatic carbocycles. The van der Waals surface area contributed by atoms with Gasteiger partial charge in [0.1, 0.15) is 30.6 Å². The van der Waals surface area contributed by atoms with Gasteiger partial charge in [0, 0.05) is 46.0 Å². The summed E-state index contributed by atoms with van der Waals surface area (Å²) in [4.78, 5) is 92.2. The number of ether oxygens (including phenoxy) is 7. The summed E-state index contributed by atoms with van der Waals surface area (Å²) in [5, 5.41) is 4.05. The average molecular weight is 894 g/mol. The Morgan fingerprint density at radius 1 is 0.950 bits per heavy atom. The highest BCUT2D eigenvalue weighted by Gasteiger charge is 2.52. The maximum Gasteiger partial charge on any atom is 0.573 e. The zero-order chi connectivity index (χ0) is 45.2. The number of nitrogens with zero attached hydrogens (tertiary/aromatic N) is 2. The van der Waals surface area contributed by atoms with Gasteiger partial charge in [0.05, 0.1) is 25.2 Å². The number of alkyl halides is 6. The number of aliphatic imine (C=N–C) groups is 1. The highest BCUT2D eigenvalue weighted by atomic mass is 28.4. The second-order valence-electron chi connectivity index (χ2n) is 14.1. The van der Waals surface area contributed by atoms with E-state index in [1.165, 1.54) is 5.32 Å². The summed E-state index contributed by atoms with van der Waals surface area (Å²) in [5.74, 6) is -5.88. The van der Waals surface area contributed by atoms with Crippen molar-refractivity contribution in [1.82, 2.24) is 20.2 Å². The number of aromatic nitrogens is 2. The van der Waals surface area contributed by atoms with Crippen molar-refractivity contribution < 1.29 is 87.9 Å².